The van der Waals surface area contributed by atoms with Crippen molar-refractivity contribution in [2.75, 3.05) is 5.75 Å². The molecular formula is C7H16N2S. The Morgan fingerprint density at radius 1 is 1.60 bits per heavy atom. The monoisotopic (exact) mass is 160 g/mol. The molecule has 1 saturated heterocycles. The second kappa shape index (κ2) is 3.11. The Morgan fingerprint density at radius 2 is 2.30 bits per heavy atom. The molecule has 1 heterocycles. The molecule has 3 N–H and O–H groups in total. The van der Waals surface area contributed by atoms with Crippen LogP contribution in [-0.4, -0.2) is 16.5 Å². The van der Waals surface area contributed by atoms with Gasteiger partial charge in [-0.3, -0.25) is 11.3 Å². The number of nitrogens with two attached hydrogens (primary N) is 1. The van der Waals surface area contributed by atoms with E-state index in [0.29, 0.717) is 10.8 Å². The third kappa shape index (κ3) is 2.15. The number of rotatable bonds is 1. The van der Waals surface area contributed by atoms with Crippen molar-refractivity contribution in [3.63, 3.8) is 0 Å². The molecule has 1 unspecified atom stereocenters. The van der Waals surface area contributed by atoms with Gasteiger partial charge in [0, 0.05) is 10.8 Å². The van der Waals surface area contributed by atoms with Crippen LogP contribution >= 0.6 is 11.8 Å². The van der Waals surface area contributed by atoms with Crippen LogP contribution in [0.25, 0.3) is 0 Å². The van der Waals surface area contributed by atoms with Crippen molar-refractivity contribution < 1.29 is 0 Å². The first-order valence-corrected chi connectivity index (χ1v) is 4.73. The molecule has 1 aliphatic rings. The number of nitrogens with one attached hydrogen (secondary N) is 1. The van der Waals surface area contributed by atoms with Gasteiger partial charge < -0.3 is 0 Å². The molecule has 2 nitrogen and oxygen atoms in total. The maximum Gasteiger partial charge on any atom is 0.0231 e. The first-order valence-electron chi connectivity index (χ1n) is 3.74. The van der Waals surface area contributed by atoms with E-state index in [1.807, 2.05) is 11.8 Å². The highest BCUT2D eigenvalue weighted by Crippen LogP contribution is 2.35. The molecule has 1 rings (SSSR count). The first-order chi connectivity index (χ1) is 4.64. The molecule has 0 radical (unpaired) electrons. The molecule has 3 heteroatoms. The number of hydrogen-bond acceptors (Lipinski definition) is 3. The minimum Gasteiger partial charge on any atom is -0.271 e. The molecule has 0 aromatic heterocycles. The van der Waals surface area contributed by atoms with E-state index in [9.17, 15) is 0 Å². The zero-order chi connectivity index (χ0) is 7.61. The maximum absolute atomic E-state index is 5.37. The van der Waals surface area contributed by atoms with Gasteiger partial charge in [-0.1, -0.05) is 13.8 Å². The smallest absolute Gasteiger partial charge is 0.0231 e. The van der Waals surface area contributed by atoms with Crippen LogP contribution in [0.4, 0.5) is 0 Å². The molecule has 60 valence electrons. The van der Waals surface area contributed by atoms with Crippen LogP contribution in [0.2, 0.25) is 0 Å². The summed E-state index contributed by atoms with van der Waals surface area (Å²) in [6, 6.07) is 0.538. The van der Waals surface area contributed by atoms with Crippen molar-refractivity contribution in [2.24, 2.45) is 5.84 Å². The zero-order valence-corrected chi connectivity index (χ0v) is 7.50. The number of hydrogen-bond donors (Lipinski definition) is 2. The van der Waals surface area contributed by atoms with Crippen molar-refractivity contribution >= 4 is 11.8 Å². The van der Waals surface area contributed by atoms with Crippen molar-refractivity contribution in [2.45, 2.75) is 37.5 Å². The molecule has 0 amide bonds. The molecule has 0 spiro atoms. The molecule has 10 heavy (non-hydrogen) atoms. The van der Waals surface area contributed by atoms with Crippen LogP contribution in [-0.2, 0) is 0 Å². The fourth-order valence-electron chi connectivity index (χ4n) is 1.37. The second-order valence-electron chi connectivity index (χ2n) is 3.46. The van der Waals surface area contributed by atoms with Crippen LogP contribution in [0.3, 0.4) is 0 Å². The minimum absolute atomic E-state index is 0.426. The van der Waals surface area contributed by atoms with Gasteiger partial charge in [-0.2, -0.15) is 11.8 Å². The fraction of sp³-hybridized carbons (Fsp3) is 1.00. The van der Waals surface area contributed by atoms with Gasteiger partial charge in [0.25, 0.3) is 0 Å². The van der Waals surface area contributed by atoms with E-state index >= 15 is 0 Å². The molecule has 0 aliphatic carbocycles. The summed E-state index contributed by atoms with van der Waals surface area (Å²) in [6.45, 7) is 4.56. The lowest BCUT2D eigenvalue weighted by Gasteiger charge is -2.34. The van der Waals surface area contributed by atoms with Gasteiger partial charge >= 0.3 is 0 Å². The lowest BCUT2D eigenvalue weighted by Crippen LogP contribution is -2.42. The Labute approximate surface area is 66.9 Å². The van der Waals surface area contributed by atoms with Gasteiger partial charge in [0.05, 0.1) is 0 Å². The van der Waals surface area contributed by atoms with Gasteiger partial charge in [0.15, 0.2) is 0 Å². The highest BCUT2D eigenvalue weighted by molar-refractivity contribution is 8.00. The van der Waals surface area contributed by atoms with Crippen LogP contribution < -0.4 is 11.3 Å². The maximum atomic E-state index is 5.37. The molecule has 1 fully saturated rings. The normalized spacial score (nSPS) is 32.1. The molecule has 1 aliphatic heterocycles. The largest absolute Gasteiger partial charge is 0.271 e. The Balaban J connectivity index is 2.40. The first kappa shape index (κ1) is 8.37. The zero-order valence-electron chi connectivity index (χ0n) is 6.68. The average molecular weight is 160 g/mol. The average Bonchev–Trinajstić information content (AvgIpc) is 1.86. The summed E-state index contributed by atoms with van der Waals surface area (Å²) in [5, 5.41) is 0. The molecule has 0 saturated carbocycles. The molecular weight excluding hydrogens is 144 g/mol. The summed E-state index contributed by atoms with van der Waals surface area (Å²) in [5.41, 5.74) is 2.85. The van der Waals surface area contributed by atoms with Gasteiger partial charge in [-0.25, -0.2) is 0 Å². The van der Waals surface area contributed by atoms with Crippen molar-refractivity contribution in [1.29, 1.82) is 0 Å². The lowest BCUT2D eigenvalue weighted by molar-refractivity contribution is 0.425. The summed E-state index contributed by atoms with van der Waals surface area (Å²) >= 11 is 2.04. The summed E-state index contributed by atoms with van der Waals surface area (Å²) < 4.78 is 0.426. The molecule has 1 atom stereocenters. The van der Waals surface area contributed by atoms with E-state index in [1.54, 1.807) is 0 Å². The Morgan fingerprint density at radius 3 is 2.70 bits per heavy atom. The SMILES string of the molecule is CC1(C)CC(NN)CCS1. The lowest BCUT2D eigenvalue weighted by atomic mass is 10.0. The minimum atomic E-state index is 0.426. The van der Waals surface area contributed by atoms with Gasteiger partial charge in [0.1, 0.15) is 0 Å². The van der Waals surface area contributed by atoms with E-state index < -0.39 is 0 Å². The summed E-state index contributed by atoms with van der Waals surface area (Å²) in [4.78, 5) is 0. The van der Waals surface area contributed by atoms with Crippen LogP contribution in [0.1, 0.15) is 26.7 Å². The Kier molecular flexibility index (Phi) is 2.61. The molecule has 0 aromatic carbocycles. The third-order valence-corrected chi connectivity index (χ3v) is 3.32. The summed E-state index contributed by atoms with van der Waals surface area (Å²) in [5.74, 6) is 6.60. The molecule has 0 aromatic rings. The Hall–Kier alpha value is 0.270. The van der Waals surface area contributed by atoms with E-state index in [2.05, 4.69) is 19.3 Å². The number of thioether (sulfide) groups is 1. The second-order valence-corrected chi connectivity index (χ2v) is 5.27. The third-order valence-electron chi connectivity index (χ3n) is 1.93. The Bertz CT molecular complexity index is 114. The quantitative estimate of drug-likeness (QED) is 0.446. The van der Waals surface area contributed by atoms with Crippen molar-refractivity contribution in [1.82, 2.24) is 5.43 Å². The van der Waals surface area contributed by atoms with Crippen LogP contribution in [0.5, 0.6) is 0 Å². The summed E-state index contributed by atoms with van der Waals surface area (Å²) in [7, 11) is 0. The van der Waals surface area contributed by atoms with Crippen LogP contribution in [0.15, 0.2) is 0 Å². The molecule has 0 bridgehead atoms. The van der Waals surface area contributed by atoms with E-state index in [1.165, 1.54) is 18.6 Å². The number of hydrazine groups is 1. The van der Waals surface area contributed by atoms with E-state index in [-0.39, 0.29) is 0 Å². The van der Waals surface area contributed by atoms with Crippen molar-refractivity contribution in [3.05, 3.63) is 0 Å². The topological polar surface area (TPSA) is 38.0 Å². The van der Waals surface area contributed by atoms with Gasteiger partial charge in [-0.05, 0) is 18.6 Å². The summed E-state index contributed by atoms with van der Waals surface area (Å²) in [6.07, 6.45) is 2.40. The highest BCUT2D eigenvalue weighted by atomic mass is 32.2. The predicted octanol–water partition coefficient (Wildman–Crippen LogP) is 1.12. The van der Waals surface area contributed by atoms with E-state index in [0.717, 1.165) is 0 Å². The fourth-order valence-corrected chi connectivity index (χ4v) is 2.65. The predicted molar refractivity (Wildman–Crippen MR) is 46.9 cm³/mol. The van der Waals surface area contributed by atoms with Crippen LogP contribution in [0, 0.1) is 0 Å². The van der Waals surface area contributed by atoms with Crippen molar-refractivity contribution in [3.8, 4) is 0 Å². The van der Waals surface area contributed by atoms with E-state index in [4.69, 9.17) is 5.84 Å². The van der Waals surface area contributed by atoms with Gasteiger partial charge in [0.2, 0.25) is 0 Å². The standard InChI is InChI=1S/C7H16N2S/c1-7(2)5-6(9-8)3-4-10-7/h6,9H,3-5,8H2,1-2H3. The highest BCUT2D eigenvalue weighted by Gasteiger charge is 2.27. The van der Waals surface area contributed by atoms with Gasteiger partial charge in [-0.15, -0.1) is 0 Å².